The molecule has 2 nitrogen and oxygen atoms in total. The van der Waals surface area contributed by atoms with Crippen molar-refractivity contribution < 1.29 is 0 Å². The zero-order valence-corrected chi connectivity index (χ0v) is 9.30. The van der Waals surface area contributed by atoms with Crippen molar-refractivity contribution in [3.63, 3.8) is 0 Å². The zero-order valence-electron chi connectivity index (χ0n) is 7.71. The van der Waals surface area contributed by atoms with Gasteiger partial charge in [0.1, 0.15) is 0 Å². The van der Waals surface area contributed by atoms with Crippen molar-refractivity contribution in [3.8, 4) is 0 Å². The average Bonchev–Trinajstić information content (AvgIpc) is 2.68. The highest BCUT2D eigenvalue weighted by Gasteiger charge is 2.09. The zero-order chi connectivity index (χ0) is 9.71. The molecule has 70 valence electrons. The molecule has 0 unspecified atom stereocenters. The lowest BCUT2D eigenvalue weighted by Crippen LogP contribution is -1.84. The molecule has 1 aromatic carbocycles. The maximum atomic E-state index is 3.45. The molecule has 0 amide bonds. The van der Waals surface area contributed by atoms with Crippen LogP contribution < -0.4 is 0 Å². The average molecular weight is 249 g/mol. The molecule has 2 aromatic heterocycles. The Balaban J connectivity index is 2.65. The third-order valence-corrected chi connectivity index (χ3v) is 3.09. The number of halogens is 1. The number of hydrogen-bond donors (Lipinski definition) is 1. The van der Waals surface area contributed by atoms with Gasteiger partial charge in [-0.2, -0.15) is 0 Å². The molecule has 0 saturated heterocycles. The van der Waals surface area contributed by atoms with Gasteiger partial charge >= 0.3 is 0 Å². The van der Waals surface area contributed by atoms with E-state index in [0.29, 0.717) is 0 Å². The first-order chi connectivity index (χ1) is 6.77. The minimum Gasteiger partial charge on any atom is -0.347 e. The largest absolute Gasteiger partial charge is 0.347 e. The molecule has 0 saturated carbocycles. The van der Waals surface area contributed by atoms with E-state index in [9.17, 15) is 0 Å². The highest BCUT2D eigenvalue weighted by atomic mass is 79.9. The van der Waals surface area contributed by atoms with Crippen LogP contribution in [0.5, 0.6) is 0 Å². The molecule has 0 fully saturated rings. The smallest absolute Gasteiger partial charge is 0.0846 e. The van der Waals surface area contributed by atoms with Crippen LogP contribution in [0.25, 0.3) is 21.9 Å². The van der Waals surface area contributed by atoms with E-state index in [1.54, 1.807) is 0 Å². The number of aromatic nitrogens is 2. The normalized spacial score (nSPS) is 11.6. The van der Waals surface area contributed by atoms with Crippen LogP contribution in [0.1, 0.15) is 0 Å². The second-order valence-electron chi connectivity index (χ2n) is 3.45. The van der Waals surface area contributed by atoms with Crippen LogP contribution in [0.2, 0.25) is 0 Å². The number of nitrogens with zero attached hydrogens (tertiary/aromatic N) is 1. The first kappa shape index (κ1) is 8.12. The van der Waals surface area contributed by atoms with E-state index in [4.69, 9.17) is 0 Å². The number of fused-ring (bicyclic) bond motifs is 3. The van der Waals surface area contributed by atoms with E-state index < -0.39 is 0 Å². The highest BCUT2D eigenvalue weighted by Crippen LogP contribution is 2.29. The van der Waals surface area contributed by atoms with Gasteiger partial charge in [-0.1, -0.05) is 18.2 Å². The molecule has 0 aliphatic carbocycles. The highest BCUT2D eigenvalue weighted by molar-refractivity contribution is 9.10. The van der Waals surface area contributed by atoms with Crippen molar-refractivity contribution in [1.29, 1.82) is 0 Å². The fraction of sp³-hybridized carbons (Fsp3) is 0.0909. The topological polar surface area (TPSA) is 20.7 Å². The SMILES string of the molecule is Cn1c2ccccc2c2[nH]c(Br)cc21. The Morgan fingerprint density at radius 3 is 2.86 bits per heavy atom. The van der Waals surface area contributed by atoms with Crippen molar-refractivity contribution in [2.75, 3.05) is 0 Å². The van der Waals surface area contributed by atoms with E-state index in [0.717, 1.165) is 4.60 Å². The van der Waals surface area contributed by atoms with E-state index in [-0.39, 0.29) is 0 Å². The van der Waals surface area contributed by atoms with Crippen molar-refractivity contribution in [3.05, 3.63) is 34.9 Å². The summed E-state index contributed by atoms with van der Waals surface area (Å²) in [4.78, 5) is 3.32. The summed E-state index contributed by atoms with van der Waals surface area (Å²) in [7, 11) is 2.09. The summed E-state index contributed by atoms with van der Waals surface area (Å²) >= 11 is 3.45. The van der Waals surface area contributed by atoms with Crippen LogP contribution in [0, 0.1) is 0 Å². The van der Waals surface area contributed by atoms with Crippen molar-refractivity contribution in [1.82, 2.24) is 9.55 Å². The third kappa shape index (κ3) is 0.904. The number of hydrogen-bond acceptors (Lipinski definition) is 0. The van der Waals surface area contributed by atoms with Crippen LogP contribution in [-0.2, 0) is 7.05 Å². The summed E-state index contributed by atoms with van der Waals surface area (Å²) in [5.74, 6) is 0. The number of benzene rings is 1. The first-order valence-corrected chi connectivity index (χ1v) is 5.28. The Bertz CT molecular complexity index is 619. The van der Waals surface area contributed by atoms with Crippen LogP contribution in [0.4, 0.5) is 0 Å². The minimum atomic E-state index is 1.03. The van der Waals surface area contributed by atoms with Crippen molar-refractivity contribution in [2.24, 2.45) is 7.05 Å². The van der Waals surface area contributed by atoms with Gasteiger partial charge in [-0.15, -0.1) is 0 Å². The van der Waals surface area contributed by atoms with Gasteiger partial charge in [-0.05, 0) is 28.1 Å². The quantitative estimate of drug-likeness (QED) is 0.630. The van der Waals surface area contributed by atoms with Gasteiger partial charge in [0.25, 0.3) is 0 Å². The van der Waals surface area contributed by atoms with Crippen molar-refractivity contribution >= 4 is 37.9 Å². The van der Waals surface area contributed by atoms with Crippen LogP contribution >= 0.6 is 15.9 Å². The minimum absolute atomic E-state index is 1.03. The van der Waals surface area contributed by atoms with E-state index in [1.807, 2.05) is 0 Å². The molecule has 0 bridgehead atoms. The molecule has 3 heteroatoms. The van der Waals surface area contributed by atoms with Crippen LogP contribution in [0.15, 0.2) is 34.9 Å². The number of aromatic amines is 1. The Hall–Kier alpha value is -1.22. The molecule has 2 heterocycles. The molecular formula is C11H9BrN2. The fourth-order valence-electron chi connectivity index (χ4n) is 1.99. The number of aryl methyl sites for hydroxylation is 1. The maximum Gasteiger partial charge on any atom is 0.0846 e. The van der Waals surface area contributed by atoms with E-state index in [1.165, 1.54) is 21.9 Å². The Kier molecular flexibility index (Phi) is 1.53. The molecule has 0 aliphatic rings. The number of H-pyrrole nitrogens is 1. The van der Waals surface area contributed by atoms with Gasteiger partial charge in [-0.3, -0.25) is 0 Å². The number of rotatable bonds is 0. The summed E-state index contributed by atoms with van der Waals surface area (Å²) in [5.41, 5.74) is 3.70. The lowest BCUT2D eigenvalue weighted by molar-refractivity contribution is 1.02. The summed E-state index contributed by atoms with van der Waals surface area (Å²) in [6.45, 7) is 0. The van der Waals surface area contributed by atoms with Gasteiger partial charge in [0.2, 0.25) is 0 Å². The Labute approximate surface area is 89.7 Å². The number of nitrogens with one attached hydrogen (secondary N) is 1. The molecule has 0 atom stereocenters. The predicted octanol–water partition coefficient (Wildman–Crippen LogP) is 3.42. The Morgan fingerprint density at radius 2 is 2.00 bits per heavy atom. The summed E-state index contributed by atoms with van der Waals surface area (Å²) < 4.78 is 3.23. The summed E-state index contributed by atoms with van der Waals surface area (Å²) in [6.07, 6.45) is 0. The number of para-hydroxylation sites is 1. The van der Waals surface area contributed by atoms with Gasteiger partial charge in [-0.25, -0.2) is 0 Å². The molecular weight excluding hydrogens is 240 g/mol. The van der Waals surface area contributed by atoms with Gasteiger partial charge in [0.15, 0.2) is 0 Å². The van der Waals surface area contributed by atoms with E-state index >= 15 is 0 Å². The van der Waals surface area contributed by atoms with Gasteiger partial charge in [0, 0.05) is 12.4 Å². The van der Waals surface area contributed by atoms with E-state index in [2.05, 4.69) is 62.9 Å². The van der Waals surface area contributed by atoms with Crippen LogP contribution in [0.3, 0.4) is 0 Å². The third-order valence-electron chi connectivity index (χ3n) is 2.66. The molecule has 14 heavy (non-hydrogen) atoms. The fourth-order valence-corrected chi connectivity index (χ4v) is 2.40. The lowest BCUT2D eigenvalue weighted by atomic mass is 10.2. The molecule has 0 radical (unpaired) electrons. The molecule has 0 aliphatic heterocycles. The molecule has 3 aromatic rings. The lowest BCUT2D eigenvalue weighted by Gasteiger charge is -1.95. The predicted molar refractivity (Wildman–Crippen MR) is 62.5 cm³/mol. The summed E-state index contributed by atoms with van der Waals surface area (Å²) in [6, 6.07) is 10.5. The molecule has 3 rings (SSSR count). The molecule has 1 N–H and O–H groups in total. The summed E-state index contributed by atoms with van der Waals surface area (Å²) in [5, 5.41) is 1.27. The van der Waals surface area contributed by atoms with Crippen LogP contribution in [-0.4, -0.2) is 9.55 Å². The molecule has 0 spiro atoms. The first-order valence-electron chi connectivity index (χ1n) is 4.49. The van der Waals surface area contributed by atoms with Crippen molar-refractivity contribution in [2.45, 2.75) is 0 Å². The monoisotopic (exact) mass is 248 g/mol. The second kappa shape index (κ2) is 2.64. The van der Waals surface area contributed by atoms with Gasteiger partial charge < -0.3 is 9.55 Å². The Morgan fingerprint density at radius 1 is 1.21 bits per heavy atom. The van der Waals surface area contributed by atoms with Gasteiger partial charge in [0.05, 0.1) is 21.2 Å². The maximum absolute atomic E-state index is 3.45. The second-order valence-corrected chi connectivity index (χ2v) is 4.31. The standard InChI is InChI=1S/C11H9BrN2/c1-14-8-5-3-2-4-7(8)11-9(14)6-10(12)13-11/h2-6,13H,1H3.